The zero-order chi connectivity index (χ0) is 23.3. The lowest BCUT2D eigenvalue weighted by atomic mass is 9.87. The van der Waals surface area contributed by atoms with Crippen LogP contribution in [0.15, 0.2) is 0 Å². The van der Waals surface area contributed by atoms with Gasteiger partial charge in [0.15, 0.2) is 0 Å². The molecule has 0 aromatic heterocycles. The van der Waals surface area contributed by atoms with E-state index in [1.807, 2.05) is 0 Å². The summed E-state index contributed by atoms with van der Waals surface area (Å²) in [5.41, 5.74) is -0.120. The number of ether oxygens (including phenoxy) is 2. The van der Waals surface area contributed by atoms with E-state index in [1.165, 1.54) is 0 Å². The molecule has 0 aromatic carbocycles. The van der Waals surface area contributed by atoms with Crippen molar-refractivity contribution in [1.82, 2.24) is 0 Å². The molecule has 31 heavy (non-hydrogen) atoms. The van der Waals surface area contributed by atoms with Crippen LogP contribution in [0.1, 0.15) is 83.5 Å². The van der Waals surface area contributed by atoms with Crippen LogP contribution in [0.2, 0.25) is 0 Å². The molecule has 0 N–H and O–H groups in total. The average molecular weight is 549 g/mol. The Morgan fingerprint density at radius 2 is 0.581 bits per heavy atom. The van der Waals surface area contributed by atoms with Gasteiger partial charge in [0.1, 0.15) is 0 Å². The molecule has 0 heterocycles. The molecule has 0 aliphatic carbocycles. The highest BCUT2D eigenvalue weighted by atomic mass is 32.1. The van der Waals surface area contributed by atoms with Gasteiger partial charge in [-0.15, -0.1) is 0 Å². The molecule has 0 fully saturated rings. The summed E-state index contributed by atoms with van der Waals surface area (Å²) in [6.07, 6.45) is 13.8. The second kappa shape index (κ2) is 22.5. The Labute approximate surface area is 226 Å². The largest absolute Gasteiger partial charge is 0.375 e. The quantitative estimate of drug-likeness (QED) is 0.0568. The summed E-state index contributed by atoms with van der Waals surface area (Å²) >= 11 is 26.6. The van der Waals surface area contributed by atoms with Gasteiger partial charge in [-0.1, -0.05) is 0 Å². The molecule has 0 radical (unpaired) electrons. The summed E-state index contributed by atoms with van der Waals surface area (Å²) in [4.78, 5) is 0. The van der Waals surface area contributed by atoms with Gasteiger partial charge in [-0.05, 0) is 118 Å². The van der Waals surface area contributed by atoms with Gasteiger partial charge in [0.25, 0.3) is 0 Å². The van der Waals surface area contributed by atoms with E-state index in [1.54, 1.807) is 0 Å². The van der Waals surface area contributed by atoms with Crippen molar-refractivity contribution in [2.75, 3.05) is 47.7 Å². The Hall–Kier alpha value is 2.02. The first kappa shape index (κ1) is 33.0. The zero-order valence-electron chi connectivity index (χ0n) is 19.3. The van der Waals surface area contributed by atoms with Crippen molar-refractivity contribution in [2.45, 2.75) is 94.7 Å². The first-order chi connectivity index (χ1) is 15.1. The maximum absolute atomic E-state index is 6.58. The third-order valence-electron chi connectivity index (χ3n) is 5.85. The SMILES string of the molecule is SCCCC(CCCS)(CCCS)OCCCOC(CCCS)(CCCS)CCCS. The fourth-order valence-electron chi connectivity index (χ4n) is 4.23. The van der Waals surface area contributed by atoms with Gasteiger partial charge in [0.2, 0.25) is 0 Å². The Kier molecular flexibility index (Phi) is 23.9. The molecule has 0 spiro atoms. The molecule has 8 heteroatoms. The van der Waals surface area contributed by atoms with E-state index in [9.17, 15) is 0 Å². The van der Waals surface area contributed by atoms with E-state index >= 15 is 0 Å². The van der Waals surface area contributed by atoms with Gasteiger partial charge < -0.3 is 9.47 Å². The van der Waals surface area contributed by atoms with Gasteiger partial charge in [0.05, 0.1) is 11.2 Å². The predicted octanol–water partition coefficient (Wildman–Crippen LogP) is 7.15. The van der Waals surface area contributed by atoms with E-state index in [0.717, 1.165) is 131 Å². The van der Waals surface area contributed by atoms with Crippen LogP contribution >= 0.6 is 75.8 Å². The third-order valence-corrected chi connectivity index (χ3v) is 7.75. The van der Waals surface area contributed by atoms with Crippen molar-refractivity contribution < 1.29 is 9.47 Å². The smallest absolute Gasteiger partial charge is 0.0683 e. The monoisotopic (exact) mass is 548 g/mol. The number of hydrogen-bond donors (Lipinski definition) is 6. The van der Waals surface area contributed by atoms with Gasteiger partial charge in [-0.25, -0.2) is 0 Å². The maximum atomic E-state index is 6.58. The Morgan fingerprint density at radius 1 is 0.355 bits per heavy atom. The van der Waals surface area contributed by atoms with Gasteiger partial charge >= 0.3 is 0 Å². The minimum atomic E-state index is -0.0602. The van der Waals surface area contributed by atoms with Crippen LogP contribution in [0.25, 0.3) is 0 Å². The maximum Gasteiger partial charge on any atom is 0.0683 e. The first-order valence-electron chi connectivity index (χ1n) is 12.0. The van der Waals surface area contributed by atoms with E-state index in [0.29, 0.717) is 0 Å². The molecule has 0 aromatic rings. The zero-order valence-corrected chi connectivity index (χ0v) is 24.7. The minimum absolute atomic E-state index is 0.0602. The highest BCUT2D eigenvalue weighted by Crippen LogP contribution is 2.32. The fourth-order valence-corrected chi connectivity index (χ4v) is 5.18. The Bertz CT molecular complexity index is 310. The average Bonchev–Trinajstić information content (AvgIpc) is 2.80. The molecule has 188 valence electrons. The summed E-state index contributed by atoms with van der Waals surface area (Å²) in [6.45, 7) is 1.49. The molecule has 0 amide bonds. The molecule has 0 atom stereocenters. The standard InChI is InChI=1S/C23H48O2S6/c26-16-1-8-22(9-2-17-27,10-3-18-28)24-14-7-15-25-23(11-4-19-29,12-5-20-30)13-6-21-31/h26-31H,1-21H2. The minimum Gasteiger partial charge on any atom is -0.375 e. The molecule has 0 rings (SSSR count). The highest BCUT2D eigenvalue weighted by molar-refractivity contribution is 7.81. The normalized spacial score (nSPS) is 12.6. The van der Waals surface area contributed by atoms with E-state index in [-0.39, 0.29) is 11.2 Å². The second-order valence-corrected chi connectivity index (χ2v) is 11.1. The summed E-state index contributed by atoms with van der Waals surface area (Å²) < 4.78 is 13.2. The van der Waals surface area contributed by atoms with Gasteiger partial charge in [-0.3, -0.25) is 0 Å². The van der Waals surface area contributed by atoms with Crippen molar-refractivity contribution in [3.05, 3.63) is 0 Å². The molecule has 0 aliphatic rings. The van der Waals surface area contributed by atoms with E-state index in [4.69, 9.17) is 9.47 Å². The first-order valence-corrected chi connectivity index (χ1v) is 15.8. The van der Waals surface area contributed by atoms with E-state index in [2.05, 4.69) is 75.8 Å². The lowest BCUT2D eigenvalue weighted by Gasteiger charge is -2.36. The summed E-state index contributed by atoms with van der Waals surface area (Å²) in [5, 5.41) is 0. The van der Waals surface area contributed by atoms with Crippen LogP contribution in [0.3, 0.4) is 0 Å². The lowest BCUT2D eigenvalue weighted by Crippen LogP contribution is -2.36. The highest BCUT2D eigenvalue weighted by Gasteiger charge is 2.31. The van der Waals surface area contributed by atoms with Crippen LogP contribution in [-0.4, -0.2) is 58.9 Å². The van der Waals surface area contributed by atoms with Crippen molar-refractivity contribution in [1.29, 1.82) is 0 Å². The van der Waals surface area contributed by atoms with Crippen LogP contribution in [0, 0.1) is 0 Å². The summed E-state index contributed by atoms with van der Waals surface area (Å²) in [5.74, 6) is 5.42. The Balaban J connectivity index is 4.86. The molecular weight excluding hydrogens is 501 g/mol. The summed E-state index contributed by atoms with van der Waals surface area (Å²) in [7, 11) is 0. The topological polar surface area (TPSA) is 18.5 Å². The van der Waals surface area contributed by atoms with Crippen LogP contribution in [-0.2, 0) is 9.47 Å². The van der Waals surface area contributed by atoms with Crippen LogP contribution in [0.4, 0.5) is 0 Å². The number of rotatable bonds is 24. The molecule has 0 bridgehead atoms. The number of thiol groups is 6. The summed E-state index contributed by atoms with van der Waals surface area (Å²) in [6, 6.07) is 0. The molecule has 0 saturated carbocycles. The second-order valence-electron chi connectivity index (χ2n) is 8.38. The fraction of sp³-hybridized carbons (Fsp3) is 1.00. The predicted molar refractivity (Wildman–Crippen MR) is 161 cm³/mol. The third kappa shape index (κ3) is 16.3. The van der Waals surface area contributed by atoms with Crippen LogP contribution in [0.5, 0.6) is 0 Å². The van der Waals surface area contributed by atoms with Crippen molar-refractivity contribution >= 4 is 75.8 Å². The van der Waals surface area contributed by atoms with Gasteiger partial charge in [0, 0.05) is 13.2 Å². The molecule has 0 saturated heterocycles. The van der Waals surface area contributed by atoms with Crippen LogP contribution < -0.4 is 0 Å². The van der Waals surface area contributed by atoms with Crippen molar-refractivity contribution in [2.24, 2.45) is 0 Å². The van der Waals surface area contributed by atoms with Crippen molar-refractivity contribution in [3.63, 3.8) is 0 Å². The Morgan fingerprint density at radius 3 is 0.774 bits per heavy atom. The van der Waals surface area contributed by atoms with Crippen molar-refractivity contribution in [3.8, 4) is 0 Å². The lowest BCUT2D eigenvalue weighted by molar-refractivity contribution is -0.0937. The molecule has 0 aliphatic heterocycles. The van der Waals surface area contributed by atoms with Gasteiger partial charge in [-0.2, -0.15) is 75.8 Å². The molecular formula is C23H48O2S6. The molecule has 0 unspecified atom stereocenters. The molecule has 2 nitrogen and oxygen atoms in total. The number of hydrogen-bond acceptors (Lipinski definition) is 8. The van der Waals surface area contributed by atoms with E-state index < -0.39 is 0 Å².